The van der Waals surface area contributed by atoms with E-state index in [0.29, 0.717) is 5.69 Å². The molecule has 30 heavy (non-hydrogen) atoms. The summed E-state index contributed by atoms with van der Waals surface area (Å²) < 4.78 is 3.88. The normalized spacial score (nSPS) is 13.5. The molecule has 0 unspecified atom stereocenters. The molecule has 4 aromatic rings. The maximum absolute atomic E-state index is 13.2. The highest BCUT2D eigenvalue weighted by atomic mass is 16.2. The standard InChI is InChI=1S/C24H23N5O/c30-24(26-18-11-13-19(14-12-18)28-16-15-25-17-28)23-21-9-5-2-6-10-22(21)29(27-23)20-7-3-1-4-8-20/h1,3-4,7-8,11-17H,2,5-6,9-10H2,(H,26,30). The molecule has 6 nitrogen and oxygen atoms in total. The Hall–Kier alpha value is -3.67. The Morgan fingerprint density at radius 3 is 2.47 bits per heavy atom. The number of aromatic nitrogens is 4. The van der Waals surface area contributed by atoms with E-state index in [2.05, 4.69) is 10.3 Å². The van der Waals surface area contributed by atoms with Crippen LogP contribution >= 0.6 is 0 Å². The van der Waals surface area contributed by atoms with E-state index in [4.69, 9.17) is 5.10 Å². The molecule has 1 aliphatic rings. The summed E-state index contributed by atoms with van der Waals surface area (Å²) in [5.41, 5.74) is 5.53. The molecule has 0 saturated carbocycles. The van der Waals surface area contributed by atoms with Gasteiger partial charge in [0.25, 0.3) is 5.91 Å². The Balaban J connectivity index is 1.45. The second kappa shape index (κ2) is 7.99. The summed E-state index contributed by atoms with van der Waals surface area (Å²) in [6.07, 6.45) is 10.6. The molecule has 0 radical (unpaired) electrons. The minimum atomic E-state index is -0.154. The van der Waals surface area contributed by atoms with Crippen LogP contribution in [0.15, 0.2) is 73.3 Å². The van der Waals surface area contributed by atoms with E-state index in [1.165, 1.54) is 12.1 Å². The summed E-state index contributed by atoms with van der Waals surface area (Å²) in [5, 5.41) is 7.78. The second-order valence-corrected chi connectivity index (χ2v) is 7.55. The number of hydrogen-bond donors (Lipinski definition) is 1. The summed E-state index contributed by atoms with van der Waals surface area (Å²) >= 11 is 0. The average Bonchev–Trinajstić information content (AvgIpc) is 3.38. The Morgan fingerprint density at radius 2 is 1.70 bits per heavy atom. The van der Waals surface area contributed by atoms with Crippen LogP contribution in [0.1, 0.15) is 41.0 Å². The summed E-state index contributed by atoms with van der Waals surface area (Å²) in [7, 11) is 0. The van der Waals surface area contributed by atoms with E-state index in [9.17, 15) is 4.79 Å². The minimum Gasteiger partial charge on any atom is -0.321 e. The van der Waals surface area contributed by atoms with Crippen molar-refractivity contribution in [1.29, 1.82) is 0 Å². The number of carbonyl (C=O) groups is 1. The molecule has 0 fully saturated rings. The number of carbonyl (C=O) groups excluding carboxylic acids is 1. The Labute approximate surface area is 175 Å². The van der Waals surface area contributed by atoms with E-state index in [-0.39, 0.29) is 5.91 Å². The maximum atomic E-state index is 13.2. The first-order chi connectivity index (χ1) is 14.8. The first kappa shape index (κ1) is 18.4. The lowest BCUT2D eigenvalue weighted by Gasteiger charge is -2.07. The van der Waals surface area contributed by atoms with Gasteiger partial charge in [-0.2, -0.15) is 5.10 Å². The first-order valence-corrected chi connectivity index (χ1v) is 10.4. The molecule has 0 saturated heterocycles. The number of nitrogens with zero attached hydrogens (tertiary/aromatic N) is 4. The number of benzene rings is 2. The molecular formula is C24H23N5O. The predicted molar refractivity (Wildman–Crippen MR) is 116 cm³/mol. The Kier molecular flexibility index (Phi) is 4.89. The van der Waals surface area contributed by atoms with Gasteiger partial charge in [-0.3, -0.25) is 4.79 Å². The van der Waals surface area contributed by atoms with Crippen LogP contribution in [-0.2, 0) is 12.8 Å². The van der Waals surface area contributed by atoms with Crippen molar-refractivity contribution >= 4 is 11.6 Å². The molecular weight excluding hydrogens is 374 g/mol. The van der Waals surface area contributed by atoms with Crippen LogP contribution in [0.25, 0.3) is 11.4 Å². The summed E-state index contributed by atoms with van der Waals surface area (Å²) in [4.78, 5) is 17.2. The molecule has 0 spiro atoms. The Morgan fingerprint density at radius 1 is 0.900 bits per heavy atom. The Bertz CT molecular complexity index is 1140. The summed E-state index contributed by atoms with van der Waals surface area (Å²) in [5.74, 6) is -0.154. The van der Waals surface area contributed by atoms with Crippen molar-refractivity contribution in [2.45, 2.75) is 32.1 Å². The number of amides is 1. The van der Waals surface area contributed by atoms with Gasteiger partial charge in [-0.15, -0.1) is 0 Å². The van der Waals surface area contributed by atoms with Crippen LogP contribution < -0.4 is 5.32 Å². The lowest BCUT2D eigenvalue weighted by Crippen LogP contribution is -2.15. The fraction of sp³-hybridized carbons (Fsp3) is 0.208. The van der Waals surface area contributed by atoms with Crippen LogP contribution in [0.2, 0.25) is 0 Å². The van der Waals surface area contributed by atoms with Crippen molar-refractivity contribution < 1.29 is 4.79 Å². The van der Waals surface area contributed by atoms with Crippen LogP contribution in [0.4, 0.5) is 5.69 Å². The SMILES string of the molecule is O=C(Nc1ccc(-n2ccnc2)cc1)c1nn(-c2ccccc2)c2c1CCCCC2. The van der Waals surface area contributed by atoms with Crippen molar-refractivity contribution in [2.24, 2.45) is 0 Å². The second-order valence-electron chi connectivity index (χ2n) is 7.55. The van der Waals surface area contributed by atoms with Gasteiger partial charge < -0.3 is 9.88 Å². The van der Waals surface area contributed by atoms with Crippen molar-refractivity contribution in [3.05, 3.63) is 90.3 Å². The van der Waals surface area contributed by atoms with Gasteiger partial charge in [0.05, 0.1) is 12.0 Å². The first-order valence-electron chi connectivity index (χ1n) is 10.4. The van der Waals surface area contributed by atoms with Crippen molar-refractivity contribution in [3.8, 4) is 11.4 Å². The van der Waals surface area contributed by atoms with Crippen LogP contribution in [0, 0.1) is 0 Å². The largest absolute Gasteiger partial charge is 0.321 e. The molecule has 2 aromatic carbocycles. The van der Waals surface area contributed by atoms with Gasteiger partial charge in [-0.25, -0.2) is 9.67 Å². The molecule has 1 N–H and O–H groups in total. The number of rotatable bonds is 4. The molecule has 5 rings (SSSR count). The molecule has 1 amide bonds. The number of anilines is 1. The number of hydrogen-bond acceptors (Lipinski definition) is 3. The number of imidazole rings is 1. The highest BCUT2D eigenvalue weighted by molar-refractivity contribution is 6.04. The van der Waals surface area contributed by atoms with Gasteiger partial charge in [-0.1, -0.05) is 24.6 Å². The van der Waals surface area contributed by atoms with Gasteiger partial charge in [0.15, 0.2) is 5.69 Å². The molecule has 0 bridgehead atoms. The molecule has 0 atom stereocenters. The van der Waals surface area contributed by atoms with E-state index >= 15 is 0 Å². The fourth-order valence-electron chi connectivity index (χ4n) is 4.06. The van der Waals surface area contributed by atoms with Crippen LogP contribution in [0.5, 0.6) is 0 Å². The highest BCUT2D eigenvalue weighted by Gasteiger charge is 2.24. The molecule has 1 aliphatic carbocycles. The van der Waals surface area contributed by atoms with Crippen LogP contribution in [-0.4, -0.2) is 25.2 Å². The lowest BCUT2D eigenvalue weighted by atomic mass is 10.1. The van der Waals surface area contributed by atoms with Gasteiger partial charge in [0.2, 0.25) is 0 Å². The lowest BCUT2D eigenvalue weighted by molar-refractivity contribution is 0.102. The fourth-order valence-corrected chi connectivity index (χ4v) is 4.06. The van der Waals surface area contributed by atoms with E-state index < -0.39 is 0 Å². The third-order valence-electron chi connectivity index (χ3n) is 5.57. The number of para-hydroxylation sites is 1. The zero-order chi connectivity index (χ0) is 20.3. The smallest absolute Gasteiger partial charge is 0.276 e. The number of nitrogens with one attached hydrogen (secondary N) is 1. The highest BCUT2D eigenvalue weighted by Crippen LogP contribution is 2.27. The van der Waals surface area contributed by atoms with Crippen molar-refractivity contribution in [2.75, 3.05) is 5.32 Å². The van der Waals surface area contributed by atoms with Gasteiger partial charge in [-0.05, 0) is 62.1 Å². The predicted octanol–water partition coefficient (Wildman–Crippen LogP) is 4.58. The third-order valence-corrected chi connectivity index (χ3v) is 5.57. The molecule has 6 heteroatoms. The van der Waals surface area contributed by atoms with Gasteiger partial charge in [0, 0.05) is 35.0 Å². The van der Waals surface area contributed by atoms with Crippen molar-refractivity contribution in [1.82, 2.24) is 19.3 Å². The zero-order valence-corrected chi connectivity index (χ0v) is 16.7. The molecule has 150 valence electrons. The molecule has 2 aromatic heterocycles. The van der Waals surface area contributed by atoms with E-state index in [0.717, 1.165) is 48.3 Å². The van der Waals surface area contributed by atoms with Gasteiger partial charge >= 0.3 is 0 Å². The van der Waals surface area contributed by atoms with Gasteiger partial charge in [0.1, 0.15) is 0 Å². The zero-order valence-electron chi connectivity index (χ0n) is 16.7. The van der Waals surface area contributed by atoms with E-state index in [1.807, 2.05) is 70.0 Å². The average molecular weight is 397 g/mol. The monoisotopic (exact) mass is 397 g/mol. The summed E-state index contributed by atoms with van der Waals surface area (Å²) in [6.45, 7) is 0. The quantitative estimate of drug-likeness (QED) is 0.513. The van der Waals surface area contributed by atoms with Crippen LogP contribution in [0.3, 0.4) is 0 Å². The maximum Gasteiger partial charge on any atom is 0.276 e. The molecule has 0 aliphatic heterocycles. The molecule has 2 heterocycles. The van der Waals surface area contributed by atoms with Crippen molar-refractivity contribution in [3.63, 3.8) is 0 Å². The third kappa shape index (κ3) is 3.52. The van der Waals surface area contributed by atoms with E-state index in [1.54, 1.807) is 12.5 Å². The number of fused-ring (bicyclic) bond motifs is 1. The topological polar surface area (TPSA) is 64.7 Å². The minimum absolute atomic E-state index is 0.154. The summed E-state index contributed by atoms with van der Waals surface area (Å²) in [6, 6.07) is 17.8.